The summed E-state index contributed by atoms with van der Waals surface area (Å²) >= 11 is 0. The molecule has 0 N–H and O–H groups in total. The summed E-state index contributed by atoms with van der Waals surface area (Å²) < 4.78 is 32.4. The molecule has 4 nitrogen and oxygen atoms in total. The maximum Gasteiger partial charge on any atom is 0.113 e. The molecule has 104 valence electrons. The van der Waals surface area contributed by atoms with E-state index in [1.807, 2.05) is 0 Å². The van der Waals surface area contributed by atoms with E-state index in [0.717, 1.165) is 6.61 Å². The van der Waals surface area contributed by atoms with E-state index in [9.17, 15) is 4.39 Å². The highest BCUT2D eigenvalue weighted by atomic mass is 19.1. The number of halogens is 1. The molecular weight excluding hydrogens is 227 g/mol. The van der Waals surface area contributed by atoms with Gasteiger partial charge in [-0.25, -0.2) is 4.39 Å². The summed E-state index contributed by atoms with van der Waals surface area (Å²) in [6.45, 7) is 7.90. The second kappa shape index (κ2) is 13.8. The Labute approximate surface area is 103 Å². The van der Waals surface area contributed by atoms with Gasteiger partial charge in [0.2, 0.25) is 0 Å². The van der Waals surface area contributed by atoms with Gasteiger partial charge in [-0.15, -0.1) is 0 Å². The third kappa shape index (κ3) is 15.8. The fourth-order valence-electron chi connectivity index (χ4n) is 1.03. The predicted molar refractivity (Wildman–Crippen MR) is 64.1 cm³/mol. The first-order valence-corrected chi connectivity index (χ1v) is 6.14. The summed E-state index contributed by atoms with van der Waals surface area (Å²) in [6.07, 6.45) is 0. The smallest absolute Gasteiger partial charge is 0.113 e. The Morgan fingerprint density at radius 1 is 0.706 bits per heavy atom. The van der Waals surface area contributed by atoms with Crippen molar-refractivity contribution in [2.45, 2.75) is 13.8 Å². The average molecular weight is 252 g/mol. The van der Waals surface area contributed by atoms with Crippen LogP contribution < -0.4 is 0 Å². The number of alkyl halides is 1. The lowest BCUT2D eigenvalue weighted by atomic mass is 10.2. The maximum atomic E-state index is 11.6. The highest BCUT2D eigenvalue weighted by Crippen LogP contribution is 1.91. The number of hydrogen-bond donors (Lipinski definition) is 0. The van der Waals surface area contributed by atoms with Gasteiger partial charge < -0.3 is 18.9 Å². The van der Waals surface area contributed by atoms with Crippen molar-refractivity contribution in [1.82, 2.24) is 0 Å². The first-order chi connectivity index (χ1) is 8.27. The SMILES string of the molecule is CC(C)COCCOCCOCCOCCF. The number of ether oxygens (including phenoxy) is 4. The highest BCUT2D eigenvalue weighted by molar-refractivity contribution is 4.39. The van der Waals surface area contributed by atoms with Crippen molar-refractivity contribution in [2.24, 2.45) is 5.92 Å². The minimum absolute atomic E-state index is 0.146. The van der Waals surface area contributed by atoms with Gasteiger partial charge in [0.25, 0.3) is 0 Å². The van der Waals surface area contributed by atoms with Crippen LogP contribution in [0.25, 0.3) is 0 Å². The molecule has 0 aromatic heterocycles. The van der Waals surface area contributed by atoms with Gasteiger partial charge in [0.15, 0.2) is 0 Å². The van der Waals surface area contributed by atoms with E-state index in [1.165, 1.54) is 0 Å². The lowest BCUT2D eigenvalue weighted by molar-refractivity contribution is -0.00559. The maximum absolute atomic E-state index is 11.6. The second-order valence-corrected chi connectivity index (χ2v) is 3.99. The van der Waals surface area contributed by atoms with Crippen LogP contribution in [0.3, 0.4) is 0 Å². The molecule has 0 saturated carbocycles. The van der Waals surface area contributed by atoms with Gasteiger partial charge in [-0.3, -0.25) is 0 Å². The molecule has 0 aliphatic carbocycles. The number of hydrogen-bond acceptors (Lipinski definition) is 4. The van der Waals surface area contributed by atoms with Gasteiger partial charge in [0.1, 0.15) is 6.67 Å². The van der Waals surface area contributed by atoms with Gasteiger partial charge >= 0.3 is 0 Å². The van der Waals surface area contributed by atoms with Crippen LogP contribution in [0.15, 0.2) is 0 Å². The molecule has 0 amide bonds. The fraction of sp³-hybridized carbons (Fsp3) is 1.00. The zero-order valence-electron chi connectivity index (χ0n) is 11.0. The van der Waals surface area contributed by atoms with Crippen molar-refractivity contribution in [1.29, 1.82) is 0 Å². The van der Waals surface area contributed by atoms with E-state index < -0.39 is 6.67 Å². The van der Waals surface area contributed by atoms with Crippen molar-refractivity contribution in [3.8, 4) is 0 Å². The quantitative estimate of drug-likeness (QED) is 0.467. The van der Waals surface area contributed by atoms with Crippen LogP contribution in [0.4, 0.5) is 4.39 Å². The third-order valence-corrected chi connectivity index (χ3v) is 1.79. The molecule has 17 heavy (non-hydrogen) atoms. The van der Waals surface area contributed by atoms with E-state index in [2.05, 4.69) is 13.8 Å². The van der Waals surface area contributed by atoms with Crippen LogP contribution in [-0.2, 0) is 18.9 Å². The molecule has 0 spiro atoms. The zero-order chi connectivity index (χ0) is 12.8. The first-order valence-electron chi connectivity index (χ1n) is 6.14. The second-order valence-electron chi connectivity index (χ2n) is 3.99. The molecule has 0 saturated heterocycles. The largest absolute Gasteiger partial charge is 0.379 e. The van der Waals surface area contributed by atoms with Gasteiger partial charge in [0.05, 0.1) is 46.2 Å². The monoisotopic (exact) mass is 252 g/mol. The van der Waals surface area contributed by atoms with E-state index >= 15 is 0 Å². The first kappa shape index (κ1) is 16.8. The van der Waals surface area contributed by atoms with Crippen molar-refractivity contribution < 1.29 is 23.3 Å². The zero-order valence-corrected chi connectivity index (χ0v) is 11.0. The minimum atomic E-state index is -0.445. The van der Waals surface area contributed by atoms with Crippen LogP contribution in [0.2, 0.25) is 0 Å². The van der Waals surface area contributed by atoms with Crippen LogP contribution in [0.1, 0.15) is 13.8 Å². The molecule has 0 unspecified atom stereocenters. The van der Waals surface area contributed by atoms with Crippen LogP contribution in [-0.4, -0.2) is 59.5 Å². The Balaban J connectivity index is 2.89. The van der Waals surface area contributed by atoms with E-state index in [1.54, 1.807) is 0 Å². The Morgan fingerprint density at radius 3 is 1.53 bits per heavy atom. The summed E-state index contributed by atoms with van der Waals surface area (Å²) in [6, 6.07) is 0. The Kier molecular flexibility index (Phi) is 13.6. The average Bonchev–Trinajstić information content (AvgIpc) is 2.30. The van der Waals surface area contributed by atoms with Crippen LogP contribution in [0.5, 0.6) is 0 Å². The minimum Gasteiger partial charge on any atom is -0.379 e. The van der Waals surface area contributed by atoms with Crippen molar-refractivity contribution >= 4 is 0 Å². The topological polar surface area (TPSA) is 36.9 Å². The normalized spacial score (nSPS) is 11.3. The standard InChI is InChI=1S/C12H25FO4/c1-12(2)11-17-10-9-16-8-7-15-6-5-14-4-3-13/h12H,3-11H2,1-2H3. The molecule has 0 atom stereocenters. The molecule has 0 radical (unpaired) electrons. The van der Waals surface area contributed by atoms with Crippen molar-refractivity contribution in [3.05, 3.63) is 0 Å². The molecule has 0 bridgehead atoms. The third-order valence-electron chi connectivity index (χ3n) is 1.79. The molecular formula is C12H25FO4. The highest BCUT2D eigenvalue weighted by Gasteiger charge is 1.94. The molecule has 0 aliphatic heterocycles. The fourth-order valence-corrected chi connectivity index (χ4v) is 1.03. The van der Waals surface area contributed by atoms with Gasteiger partial charge in [0, 0.05) is 6.61 Å². The summed E-state index contributed by atoms with van der Waals surface area (Å²) in [5.41, 5.74) is 0. The summed E-state index contributed by atoms with van der Waals surface area (Å²) in [7, 11) is 0. The van der Waals surface area contributed by atoms with Gasteiger partial charge in [-0.2, -0.15) is 0 Å². The van der Waals surface area contributed by atoms with Crippen LogP contribution in [0, 0.1) is 5.92 Å². The molecule has 0 fully saturated rings. The molecule has 0 aliphatic rings. The molecule has 0 rings (SSSR count). The van der Waals surface area contributed by atoms with Crippen molar-refractivity contribution in [2.75, 3.05) is 59.5 Å². The Morgan fingerprint density at radius 2 is 1.12 bits per heavy atom. The predicted octanol–water partition coefficient (Wildman–Crippen LogP) is 1.68. The van der Waals surface area contributed by atoms with Crippen molar-refractivity contribution in [3.63, 3.8) is 0 Å². The summed E-state index contributed by atoms with van der Waals surface area (Å²) in [4.78, 5) is 0. The van der Waals surface area contributed by atoms with E-state index in [-0.39, 0.29) is 6.61 Å². The van der Waals surface area contributed by atoms with E-state index in [4.69, 9.17) is 18.9 Å². The molecule has 0 heterocycles. The van der Waals surface area contributed by atoms with E-state index in [0.29, 0.717) is 45.6 Å². The molecule has 0 aromatic rings. The number of rotatable bonds is 13. The van der Waals surface area contributed by atoms with Crippen LogP contribution >= 0.6 is 0 Å². The lowest BCUT2D eigenvalue weighted by Gasteiger charge is -2.08. The Hall–Kier alpha value is -0.230. The molecule has 5 heteroatoms. The summed E-state index contributed by atoms with van der Waals surface area (Å²) in [5, 5.41) is 0. The molecule has 0 aromatic carbocycles. The Bertz CT molecular complexity index is 144. The van der Waals surface area contributed by atoms with Gasteiger partial charge in [-0.05, 0) is 5.92 Å². The van der Waals surface area contributed by atoms with Gasteiger partial charge in [-0.1, -0.05) is 13.8 Å². The summed E-state index contributed by atoms with van der Waals surface area (Å²) in [5.74, 6) is 0.558. The lowest BCUT2D eigenvalue weighted by Crippen LogP contribution is -2.13.